The molecule has 2 nitrogen and oxygen atoms in total. The molecule has 2 aromatic rings. The predicted molar refractivity (Wildman–Crippen MR) is 69.4 cm³/mol. The zero-order valence-corrected chi connectivity index (χ0v) is 11.0. The number of aromatic nitrogens is 1. The Bertz CT molecular complexity index is 490. The molecule has 0 fully saturated rings. The Morgan fingerprint density at radius 1 is 1.33 bits per heavy atom. The zero-order valence-electron chi connectivity index (χ0n) is 8.03. The SMILES string of the molecule is Cc1ncc(C(=O)c2ccc(I)cc2)s1. The van der Waals surface area contributed by atoms with Gasteiger partial charge in [-0.05, 0) is 53.8 Å². The lowest BCUT2D eigenvalue weighted by Gasteiger charge is -1.97. The van der Waals surface area contributed by atoms with Crippen molar-refractivity contribution >= 4 is 39.7 Å². The second-order valence-corrected chi connectivity index (χ2v) is 5.56. The number of aryl methyl sites for hydroxylation is 1. The van der Waals surface area contributed by atoms with Crippen LogP contribution in [-0.2, 0) is 0 Å². The van der Waals surface area contributed by atoms with E-state index in [0.717, 1.165) is 14.1 Å². The Morgan fingerprint density at radius 3 is 2.53 bits per heavy atom. The molecule has 1 aromatic carbocycles. The van der Waals surface area contributed by atoms with Crippen molar-refractivity contribution in [2.24, 2.45) is 0 Å². The summed E-state index contributed by atoms with van der Waals surface area (Å²) in [5, 5.41) is 0.920. The number of thiazole rings is 1. The van der Waals surface area contributed by atoms with Crippen molar-refractivity contribution in [2.75, 3.05) is 0 Å². The first-order valence-corrected chi connectivity index (χ1v) is 6.29. The highest BCUT2D eigenvalue weighted by molar-refractivity contribution is 14.1. The van der Waals surface area contributed by atoms with Crippen molar-refractivity contribution < 1.29 is 4.79 Å². The fourth-order valence-electron chi connectivity index (χ4n) is 1.21. The highest BCUT2D eigenvalue weighted by Crippen LogP contribution is 2.17. The van der Waals surface area contributed by atoms with Gasteiger partial charge in [0.2, 0.25) is 5.78 Å². The third-order valence-corrected chi connectivity index (χ3v) is 3.58. The zero-order chi connectivity index (χ0) is 10.8. The minimum Gasteiger partial charge on any atom is -0.288 e. The number of rotatable bonds is 2. The molecule has 15 heavy (non-hydrogen) atoms. The van der Waals surface area contributed by atoms with Gasteiger partial charge in [0.15, 0.2) is 0 Å². The van der Waals surface area contributed by atoms with Gasteiger partial charge in [-0.15, -0.1) is 11.3 Å². The van der Waals surface area contributed by atoms with E-state index in [4.69, 9.17) is 0 Å². The third kappa shape index (κ3) is 2.43. The van der Waals surface area contributed by atoms with Gasteiger partial charge in [-0.25, -0.2) is 4.98 Å². The van der Waals surface area contributed by atoms with Gasteiger partial charge in [-0.3, -0.25) is 4.79 Å². The molecule has 4 heteroatoms. The van der Waals surface area contributed by atoms with Crippen LogP contribution in [-0.4, -0.2) is 10.8 Å². The second kappa shape index (κ2) is 4.40. The molecule has 0 saturated heterocycles. The molecule has 0 saturated carbocycles. The molecular weight excluding hydrogens is 321 g/mol. The smallest absolute Gasteiger partial charge is 0.204 e. The maximum absolute atomic E-state index is 11.9. The molecular formula is C11H8INOS. The molecule has 1 heterocycles. The van der Waals surface area contributed by atoms with Crippen molar-refractivity contribution in [2.45, 2.75) is 6.92 Å². The van der Waals surface area contributed by atoms with Gasteiger partial charge in [0.1, 0.15) is 0 Å². The van der Waals surface area contributed by atoms with Gasteiger partial charge in [-0.2, -0.15) is 0 Å². The maximum atomic E-state index is 11.9. The predicted octanol–water partition coefficient (Wildman–Crippen LogP) is 3.29. The fourth-order valence-corrected chi connectivity index (χ4v) is 2.31. The largest absolute Gasteiger partial charge is 0.288 e. The number of hydrogen-bond acceptors (Lipinski definition) is 3. The van der Waals surface area contributed by atoms with Crippen LogP contribution in [0.3, 0.4) is 0 Å². The summed E-state index contributed by atoms with van der Waals surface area (Å²) in [6.07, 6.45) is 1.64. The van der Waals surface area contributed by atoms with E-state index < -0.39 is 0 Å². The highest BCUT2D eigenvalue weighted by Gasteiger charge is 2.11. The van der Waals surface area contributed by atoms with Crippen LogP contribution in [0, 0.1) is 10.5 Å². The highest BCUT2D eigenvalue weighted by atomic mass is 127. The van der Waals surface area contributed by atoms with Crippen LogP contribution in [0.1, 0.15) is 20.2 Å². The minimum atomic E-state index is 0.0528. The van der Waals surface area contributed by atoms with Crippen LogP contribution in [0.25, 0.3) is 0 Å². The number of hydrogen-bond donors (Lipinski definition) is 0. The molecule has 0 aliphatic heterocycles. The number of ketones is 1. The minimum absolute atomic E-state index is 0.0528. The summed E-state index contributed by atoms with van der Waals surface area (Å²) < 4.78 is 1.13. The molecule has 2 rings (SSSR count). The average molecular weight is 329 g/mol. The molecule has 0 amide bonds. The summed E-state index contributed by atoms with van der Waals surface area (Å²) in [6, 6.07) is 7.56. The molecule has 0 spiro atoms. The first-order chi connectivity index (χ1) is 7.16. The van der Waals surface area contributed by atoms with E-state index in [1.54, 1.807) is 6.20 Å². The summed E-state index contributed by atoms with van der Waals surface area (Å²) >= 11 is 3.65. The molecule has 76 valence electrons. The molecule has 0 radical (unpaired) electrons. The average Bonchev–Trinajstić information content (AvgIpc) is 2.65. The molecule has 0 atom stereocenters. The molecule has 0 bridgehead atoms. The summed E-state index contributed by atoms with van der Waals surface area (Å²) in [7, 11) is 0. The number of nitrogens with zero attached hydrogens (tertiary/aromatic N) is 1. The summed E-state index contributed by atoms with van der Waals surface area (Å²) in [5.74, 6) is 0.0528. The molecule has 0 N–H and O–H groups in total. The van der Waals surface area contributed by atoms with E-state index >= 15 is 0 Å². The topological polar surface area (TPSA) is 30.0 Å². The van der Waals surface area contributed by atoms with Crippen LogP contribution in [0.2, 0.25) is 0 Å². The lowest BCUT2D eigenvalue weighted by molar-refractivity contribution is 0.104. The van der Waals surface area contributed by atoms with Crippen LogP contribution in [0.4, 0.5) is 0 Å². The van der Waals surface area contributed by atoms with Gasteiger partial charge in [-0.1, -0.05) is 0 Å². The standard InChI is InChI=1S/C11H8INOS/c1-7-13-6-10(15-7)11(14)8-2-4-9(12)5-3-8/h2-6H,1H3. The monoisotopic (exact) mass is 329 g/mol. The van der Waals surface area contributed by atoms with Crippen LogP contribution in [0.15, 0.2) is 30.5 Å². The van der Waals surface area contributed by atoms with E-state index in [2.05, 4.69) is 27.6 Å². The van der Waals surface area contributed by atoms with Gasteiger partial charge >= 0.3 is 0 Å². The quantitative estimate of drug-likeness (QED) is 0.625. The number of halogens is 1. The van der Waals surface area contributed by atoms with Crippen molar-refractivity contribution in [3.05, 3.63) is 49.5 Å². The first kappa shape index (κ1) is 10.8. The first-order valence-electron chi connectivity index (χ1n) is 4.39. The van der Waals surface area contributed by atoms with Gasteiger partial charge < -0.3 is 0 Å². The van der Waals surface area contributed by atoms with Crippen molar-refractivity contribution in [3.8, 4) is 0 Å². The van der Waals surface area contributed by atoms with Gasteiger partial charge in [0, 0.05) is 15.3 Å². The van der Waals surface area contributed by atoms with E-state index in [9.17, 15) is 4.79 Å². The number of benzene rings is 1. The van der Waals surface area contributed by atoms with Gasteiger partial charge in [0.05, 0.1) is 9.88 Å². The Hall–Kier alpha value is -0.750. The fraction of sp³-hybridized carbons (Fsp3) is 0.0909. The lowest BCUT2D eigenvalue weighted by atomic mass is 10.1. The van der Waals surface area contributed by atoms with Crippen molar-refractivity contribution in [1.29, 1.82) is 0 Å². The Kier molecular flexibility index (Phi) is 3.16. The third-order valence-electron chi connectivity index (χ3n) is 1.95. The Morgan fingerprint density at radius 2 is 2.00 bits per heavy atom. The summed E-state index contributed by atoms with van der Waals surface area (Å²) in [6.45, 7) is 1.90. The summed E-state index contributed by atoms with van der Waals surface area (Å²) in [5.41, 5.74) is 0.721. The van der Waals surface area contributed by atoms with Crippen molar-refractivity contribution in [1.82, 2.24) is 4.98 Å². The van der Waals surface area contributed by atoms with Gasteiger partial charge in [0.25, 0.3) is 0 Å². The van der Waals surface area contributed by atoms with E-state index in [1.165, 1.54) is 11.3 Å². The number of carbonyl (C=O) groups excluding carboxylic acids is 1. The van der Waals surface area contributed by atoms with Crippen molar-refractivity contribution in [3.63, 3.8) is 0 Å². The Labute approximate surface area is 106 Å². The lowest BCUT2D eigenvalue weighted by Crippen LogP contribution is -1.97. The maximum Gasteiger partial charge on any atom is 0.204 e. The molecule has 1 aromatic heterocycles. The van der Waals surface area contributed by atoms with Crippen LogP contribution >= 0.6 is 33.9 Å². The molecule has 0 aliphatic carbocycles. The van der Waals surface area contributed by atoms with E-state index in [1.807, 2.05) is 31.2 Å². The normalized spacial score (nSPS) is 10.3. The summed E-state index contributed by atoms with van der Waals surface area (Å²) in [4.78, 5) is 16.7. The van der Waals surface area contributed by atoms with Crippen LogP contribution < -0.4 is 0 Å². The van der Waals surface area contributed by atoms with E-state index in [-0.39, 0.29) is 5.78 Å². The van der Waals surface area contributed by atoms with Crippen LogP contribution in [0.5, 0.6) is 0 Å². The van der Waals surface area contributed by atoms with E-state index in [0.29, 0.717) is 4.88 Å². The Balaban J connectivity index is 2.32. The molecule has 0 unspecified atom stereocenters. The second-order valence-electron chi connectivity index (χ2n) is 3.08. The molecule has 0 aliphatic rings. The number of carbonyl (C=O) groups is 1.